The molecule has 17 heavy (non-hydrogen) atoms. The Morgan fingerprint density at radius 3 is 2.94 bits per heavy atom. The van der Waals surface area contributed by atoms with Gasteiger partial charge in [-0.3, -0.25) is 4.79 Å². The van der Waals surface area contributed by atoms with Crippen LogP contribution in [0.1, 0.15) is 12.0 Å². The van der Waals surface area contributed by atoms with Gasteiger partial charge in [0.15, 0.2) is 0 Å². The Hall–Kier alpha value is -1.62. The van der Waals surface area contributed by atoms with Crippen LogP contribution < -0.4 is 15.8 Å². The Morgan fingerprint density at radius 2 is 2.29 bits per heavy atom. The SMILES string of the molecule is CNC(=O)CCOc1ccc(F)cc1CCN. The van der Waals surface area contributed by atoms with Crippen molar-refractivity contribution in [3.05, 3.63) is 29.6 Å². The fraction of sp³-hybridized carbons (Fsp3) is 0.417. The summed E-state index contributed by atoms with van der Waals surface area (Å²) in [5.41, 5.74) is 6.16. The van der Waals surface area contributed by atoms with Crippen molar-refractivity contribution in [2.75, 3.05) is 20.2 Å². The predicted octanol–water partition coefficient (Wildman–Crippen LogP) is 0.842. The Balaban J connectivity index is 2.60. The monoisotopic (exact) mass is 240 g/mol. The van der Waals surface area contributed by atoms with Gasteiger partial charge in [0.05, 0.1) is 13.0 Å². The largest absolute Gasteiger partial charge is 0.493 e. The predicted molar refractivity (Wildman–Crippen MR) is 63.3 cm³/mol. The van der Waals surface area contributed by atoms with E-state index in [0.29, 0.717) is 18.7 Å². The highest BCUT2D eigenvalue weighted by Crippen LogP contribution is 2.20. The molecule has 94 valence electrons. The number of ether oxygens (including phenoxy) is 1. The van der Waals surface area contributed by atoms with Gasteiger partial charge in [-0.2, -0.15) is 0 Å². The smallest absolute Gasteiger partial charge is 0.223 e. The second kappa shape index (κ2) is 6.85. The standard InChI is InChI=1S/C12H17FN2O2/c1-15-12(16)5-7-17-11-3-2-10(13)8-9(11)4-6-14/h2-3,8H,4-7,14H2,1H3,(H,15,16). The number of hydrogen-bond acceptors (Lipinski definition) is 3. The van der Waals surface area contributed by atoms with E-state index in [2.05, 4.69) is 5.32 Å². The summed E-state index contributed by atoms with van der Waals surface area (Å²) in [5, 5.41) is 2.50. The van der Waals surface area contributed by atoms with Crippen LogP contribution in [0.5, 0.6) is 5.75 Å². The quantitative estimate of drug-likeness (QED) is 0.774. The molecule has 0 aliphatic carbocycles. The highest BCUT2D eigenvalue weighted by atomic mass is 19.1. The molecule has 0 saturated carbocycles. The van der Waals surface area contributed by atoms with Crippen LogP contribution in [0.3, 0.4) is 0 Å². The molecular formula is C12H17FN2O2. The van der Waals surface area contributed by atoms with Gasteiger partial charge in [0.25, 0.3) is 0 Å². The maximum atomic E-state index is 13.0. The van der Waals surface area contributed by atoms with Gasteiger partial charge in [-0.25, -0.2) is 4.39 Å². The minimum absolute atomic E-state index is 0.0903. The third-order valence-corrected chi connectivity index (χ3v) is 2.30. The van der Waals surface area contributed by atoms with Gasteiger partial charge in [-0.1, -0.05) is 0 Å². The molecule has 4 nitrogen and oxygen atoms in total. The number of halogens is 1. The van der Waals surface area contributed by atoms with Gasteiger partial charge >= 0.3 is 0 Å². The lowest BCUT2D eigenvalue weighted by atomic mass is 10.1. The summed E-state index contributed by atoms with van der Waals surface area (Å²) >= 11 is 0. The first kappa shape index (κ1) is 13.4. The average molecular weight is 240 g/mol. The van der Waals surface area contributed by atoms with E-state index in [0.717, 1.165) is 5.56 Å². The summed E-state index contributed by atoms with van der Waals surface area (Å²) in [4.78, 5) is 11.0. The Labute approximate surface area is 100.0 Å². The van der Waals surface area contributed by atoms with Crippen LogP contribution in [-0.4, -0.2) is 26.1 Å². The first-order valence-corrected chi connectivity index (χ1v) is 5.49. The van der Waals surface area contributed by atoms with E-state index in [1.54, 1.807) is 13.1 Å². The maximum Gasteiger partial charge on any atom is 0.223 e. The molecule has 0 saturated heterocycles. The van der Waals surface area contributed by atoms with Crippen molar-refractivity contribution < 1.29 is 13.9 Å². The van der Waals surface area contributed by atoms with Gasteiger partial charge in [0.1, 0.15) is 11.6 Å². The van der Waals surface area contributed by atoms with Crippen molar-refractivity contribution in [3.63, 3.8) is 0 Å². The number of nitrogens with one attached hydrogen (secondary N) is 1. The van der Waals surface area contributed by atoms with Gasteiger partial charge in [-0.15, -0.1) is 0 Å². The lowest BCUT2D eigenvalue weighted by Gasteiger charge is -2.10. The van der Waals surface area contributed by atoms with Crippen LogP contribution in [0, 0.1) is 5.82 Å². The third-order valence-electron chi connectivity index (χ3n) is 2.30. The van der Waals surface area contributed by atoms with Gasteiger partial charge in [-0.05, 0) is 36.7 Å². The topological polar surface area (TPSA) is 64.3 Å². The second-order valence-electron chi connectivity index (χ2n) is 3.56. The van der Waals surface area contributed by atoms with Crippen molar-refractivity contribution >= 4 is 5.91 Å². The van der Waals surface area contributed by atoms with Crippen molar-refractivity contribution in [1.82, 2.24) is 5.32 Å². The zero-order chi connectivity index (χ0) is 12.7. The number of carbonyl (C=O) groups is 1. The minimum atomic E-state index is -0.313. The van der Waals surface area contributed by atoms with Crippen LogP contribution >= 0.6 is 0 Å². The summed E-state index contributed by atoms with van der Waals surface area (Å²) < 4.78 is 18.4. The molecule has 0 heterocycles. The number of nitrogens with two attached hydrogens (primary N) is 1. The number of benzene rings is 1. The molecule has 1 aromatic rings. The average Bonchev–Trinajstić information content (AvgIpc) is 2.32. The second-order valence-corrected chi connectivity index (χ2v) is 3.56. The van der Waals surface area contributed by atoms with Gasteiger partial charge in [0.2, 0.25) is 5.91 Å². The van der Waals surface area contributed by atoms with E-state index in [4.69, 9.17) is 10.5 Å². The number of hydrogen-bond donors (Lipinski definition) is 2. The number of amides is 1. The summed E-state index contributed by atoms with van der Waals surface area (Å²) in [6.07, 6.45) is 0.822. The number of carbonyl (C=O) groups excluding carboxylic acids is 1. The van der Waals surface area contributed by atoms with E-state index in [1.807, 2.05) is 0 Å². The molecule has 0 aromatic heterocycles. The molecule has 1 aromatic carbocycles. The Kier molecular flexibility index (Phi) is 5.42. The van der Waals surface area contributed by atoms with E-state index in [1.165, 1.54) is 12.1 Å². The molecule has 3 N–H and O–H groups in total. The first-order valence-electron chi connectivity index (χ1n) is 5.49. The van der Waals surface area contributed by atoms with Crippen molar-refractivity contribution in [2.45, 2.75) is 12.8 Å². The molecule has 0 aliphatic heterocycles. The van der Waals surface area contributed by atoms with Gasteiger partial charge in [0, 0.05) is 7.05 Å². The summed E-state index contributed by atoms with van der Waals surface area (Å²) in [6.45, 7) is 0.693. The molecule has 1 amide bonds. The van der Waals surface area contributed by atoms with Crippen LogP contribution in [0.4, 0.5) is 4.39 Å². The van der Waals surface area contributed by atoms with E-state index in [-0.39, 0.29) is 24.8 Å². The maximum absolute atomic E-state index is 13.0. The highest BCUT2D eigenvalue weighted by molar-refractivity contribution is 5.75. The lowest BCUT2D eigenvalue weighted by molar-refractivity contribution is -0.121. The molecule has 0 aliphatic rings. The molecule has 0 unspecified atom stereocenters. The van der Waals surface area contributed by atoms with Crippen LogP contribution in [0.15, 0.2) is 18.2 Å². The van der Waals surface area contributed by atoms with E-state index < -0.39 is 0 Å². The molecule has 0 spiro atoms. The molecule has 0 atom stereocenters. The Morgan fingerprint density at radius 1 is 1.53 bits per heavy atom. The summed E-state index contributed by atoms with van der Waals surface area (Å²) in [5.74, 6) is 0.181. The van der Waals surface area contributed by atoms with Crippen LogP contribution in [0.2, 0.25) is 0 Å². The van der Waals surface area contributed by atoms with E-state index in [9.17, 15) is 9.18 Å². The lowest BCUT2D eigenvalue weighted by Crippen LogP contribution is -2.20. The fourth-order valence-corrected chi connectivity index (χ4v) is 1.42. The zero-order valence-corrected chi connectivity index (χ0v) is 9.83. The summed E-state index contributed by atoms with van der Waals surface area (Å²) in [6, 6.07) is 4.29. The number of rotatable bonds is 6. The molecule has 1 rings (SSSR count). The molecular weight excluding hydrogens is 223 g/mol. The fourth-order valence-electron chi connectivity index (χ4n) is 1.42. The zero-order valence-electron chi connectivity index (χ0n) is 9.83. The summed E-state index contributed by atoms with van der Waals surface area (Å²) in [7, 11) is 1.57. The normalized spacial score (nSPS) is 10.1. The molecule has 0 radical (unpaired) electrons. The van der Waals surface area contributed by atoms with Crippen molar-refractivity contribution in [3.8, 4) is 5.75 Å². The van der Waals surface area contributed by atoms with Crippen molar-refractivity contribution in [2.24, 2.45) is 5.73 Å². The van der Waals surface area contributed by atoms with Gasteiger partial charge < -0.3 is 15.8 Å². The Bertz CT molecular complexity index is 383. The van der Waals surface area contributed by atoms with E-state index >= 15 is 0 Å². The van der Waals surface area contributed by atoms with Crippen LogP contribution in [-0.2, 0) is 11.2 Å². The molecule has 0 bridgehead atoms. The minimum Gasteiger partial charge on any atom is -0.493 e. The highest BCUT2D eigenvalue weighted by Gasteiger charge is 2.06. The van der Waals surface area contributed by atoms with Crippen molar-refractivity contribution in [1.29, 1.82) is 0 Å². The van der Waals surface area contributed by atoms with Crippen LogP contribution in [0.25, 0.3) is 0 Å². The molecule has 5 heteroatoms. The molecule has 0 fully saturated rings. The third kappa shape index (κ3) is 4.40. The first-order chi connectivity index (χ1) is 8.17.